The summed E-state index contributed by atoms with van der Waals surface area (Å²) < 4.78 is 45.7. The third-order valence-corrected chi connectivity index (χ3v) is 6.35. The number of likely N-dealkylation sites (N-methyl/N-ethyl adjacent to an activating group) is 1. The third kappa shape index (κ3) is 5.74. The second-order valence-electron chi connectivity index (χ2n) is 8.51. The van der Waals surface area contributed by atoms with Crippen LogP contribution in [0.25, 0.3) is 11.5 Å². The molecule has 0 bridgehead atoms. The van der Waals surface area contributed by atoms with Crippen LogP contribution in [0.1, 0.15) is 30.4 Å². The molecule has 2 heterocycles. The van der Waals surface area contributed by atoms with E-state index in [0.717, 1.165) is 25.7 Å². The maximum Gasteiger partial charge on any atom is 0.324 e. The van der Waals surface area contributed by atoms with Gasteiger partial charge in [-0.2, -0.15) is 8.78 Å². The molecular formula is C25H28F3N7O2. The maximum absolute atomic E-state index is 15.2. The number of benzene rings is 2. The molecule has 0 radical (unpaired) electrons. The van der Waals surface area contributed by atoms with Gasteiger partial charge in [-0.05, 0) is 36.9 Å². The Bertz CT molecular complexity index is 1260. The van der Waals surface area contributed by atoms with Gasteiger partial charge < -0.3 is 24.9 Å². The van der Waals surface area contributed by atoms with Crippen LogP contribution in [-0.2, 0) is 6.54 Å². The van der Waals surface area contributed by atoms with E-state index in [2.05, 4.69) is 27.3 Å². The zero-order valence-corrected chi connectivity index (χ0v) is 20.5. The fourth-order valence-corrected chi connectivity index (χ4v) is 4.17. The Kier molecular flexibility index (Phi) is 8.07. The lowest BCUT2D eigenvalue weighted by Crippen LogP contribution is -2.52. The zero-order chi connectivity index (χ0) is 26.5. The molecule has 3 aromatic rings. The number of rotatable bonds is 8. The monoisotopic (exact) mass is 515 g/mol. The minimum atomic E-state index is -2.93. The van der Waals surface area contributed by atoms with Crippen LogP contribution in [-0.4, -0.2) is 72.0 Å². The van der Waals surface area contributed by atoms with Gasteiger partial charge in [-0.3, -0.25) is 4.90 Å². The predicted molar refractivity (Wildman–Crippen MR) is 134 cm³/mol. The number of urea groups is 1. The summed E-state index contributed by atoms with van der Waals surface area (Å²) in [5.74, 6) is -1.70. The second-order valence-corrected chi connectivity index (χ2v) is 8.51. The van der Waals surface area contributed by atoms with Gasteiger partial charge in [0.1, 0.15) is 5.82 Å². The molecule has 1 aliphatic heterocycles. The average Bonchev–Trinajstić information content (AvgIpc) is 3.42. The Morgan fingerprint density at radius 1 is 1.19 bits per heavy atom. The number of halogens is 3. The number of aromatic nitrogens is 2. The molecule has 196 valence electrons. The van der Waals surface area contributed by atoms with E-state index in [4.69, 9.17) is 9.83 Å². The number of alkyl halides is 2. The van der Waals surface area contributed by atoms with Gasteiger partial charge >= 0.3 is 12.5 Å². The van der Waals surface area contributed by atoms with Crippen molar-refractivity contribution in [1.29, 1.82) is 5.41 Å². The Balaban J connectivity index is 1.64. The van der Waals surface area contributed by atoms with Crippen LogP contribution in [0.3, 0.4) is 0 Å². The molecule has 4 rings (SSSR count). The van der Waals surface area contributed by atoms with E-state index in [0.29, 0.717) is 30.0 Å². The molecule has 1 fully saturated rings. The van der Waals surface area contributed by atoms with Crippen molar-refractivity contribution in [1.82, 2.24) is 20.0 Å². The van der Waals surface area contributed by atoms with Crippen molar-refractivity contribution in [3.63, 3.8) is 0 Å². The van der Waals surface area contributed by atoms with Crippen LogP contribution in [0.15, 0.2) is 40.8 Å². The van der Waals surface area contributed by atoms with Crippen molar-refractivity contribution in [3.05, 3.63) is 59.2 Å². The molecule has 1 aliphatic rings. The normalized spacial score (nSPS) is 14.2. The molecule has 9 nitrogen and oxygen atoms in total. The molecule has 0 spiro atoms. The van der Waals surface area contributed by atoms with E-state index < -0.39 is 18.1 Å². The number of carbonyl (C=O) groups excluding carboxylic acids is 1. The molecule has 0 unspecified atom stereocenters. The highest BCUT2D eigenvalue weighted by Gasteiger charge is 2.27. The van der Waals surface area contributed by atoms with Crippen molar-refractivity contribution in [2.75, 3.05) is 50.0 Å². The topological polar surface area (TPSA) is 102 Å². The quantitative estimate of drug-likeness (QED) is 0.425. The lowest BCUT2D eigenvalue weighted by Gasteiger charge is -2.37. The summed E-state index contributed by atoms with van der Waals surface area (Å²) in [5.41, 5.74) is 2.22. The Morgan fingerprint density at radius 2 is 1.95 bits per heavy atom. The molecule has 2 amide bonds. The van der Waals surface area contributed by atoms with Gasteiger partial charge in [0, 0.05) is 67.5 Å². The summed E-state index contributed by atoms with van der Waals surface area (Å²) in [6, 6.07) is 9.01. The van der Waals surface area contributed by atoms with Crippen LogP contribution >= 0.6 is 0 Å². The number of carbonyl (C=O) groups is 1. The van der Waals surface area contributed by atoms with E-state index in [-0.39, 0.29) is 29.6 Å². The summed E-state index contributed by atoms with van der Waals surface area (Å²) in [7, 11) is 1.72. The van der Waals surface area contributed by atoms with Gasteiger partial charge in [0.25, 0.3) is 5.89 Å². The van der Waals surface area contributed by atoms with Gasteiger partial charge in [0.15, 0.2) is 0 Å². The zero-order valence-electron chi connectivity index (χ0n) is 20.5. The van der Waals surface area contributed by atoms with Gasteiger partial charge in [-0.15, -0.1) is 10.2 Å². The van der Waals surface area contributed by atoms with E-state index >= 15 is 4.39 Å². The average molecular weight is 516 g/mol. The number of anilines is 2. The number of piperazine rings is 1. The fraction of sp³-hybridized carbons (Fsp3) is 0.360. The summed E-state index contributed by atoms with van der Waals surface area (Å²) in [6.45, 7) is 5.49. The van der Waals surface area contributed by atoms with Crippen molar-refractivity contribution < 1.29 is 22.4 Å². The molecule has 37 heavy (non-hydrogen) atoms. The van der Waals surface area contributed by atoms with Gasteiger partial charge in [0.2, 0.25) is 5.89 Å². The van der Waals surface area contributed by atoms with Crippen LogP contribution in [0.4, 0.5) is 29.3 Å². The highest BCUT2D eigenvalue weighted by molar-refractivity contribution is 5.94. The molecule has 1 saturated heterocycles. The lowest BCUT2D eigenvalue weighted by molar-refractivity contribution is 0.116. The first-order valence-corrected chi connectivity index (χ1v) is 11.9. The minimum Gasteiger partial charge on any atom is -0.415 e. The number of hydrogen-bond donors (Lipinski definition) is 2. The number of nitrogens with zero attached hydrogens (tertiary/aromatic N) is 5. The first-order chi connectivity index (χ1) is 17.8. The van der Waals surface area contributed by atoms with Crippen molar-refractivity contribution in [2.24, 2.45) is 0 Å². The Morgan fingerprint density at radius 3 is 2.54 bits per heavy atom. The molecule has 1 aromatic heterocycles. The number of amides is 2. The standard InChI is InChI=1S/C25H28F3N7O2/c1-3-33-8-10-34(11-9-33)25(36)35(19-7-6-17(14-29)21(13-19)30-2)15-18-5-4-16(12-20(18)26)23-31-32-24(37-23)22(27)28/h4-7,12-14,22,29-30H,3,8-11,15H2,1-2H3. The Labute approximate surface area is 212 Å². The number of nitrogens with one attached hydrogen (secondary N) is 2. The SMILES string of the molecule is CCN1CCN(C(=O)N(Cc2ccc(-c3nnc(C(F)F)o3)cc2F)c2ccc(C=N)c(NC)c2)CC1. The van der Waals surface area contributed by atoms with Crippen LogP contribution < -0.4 is 10.2 Å². The molecule has 12 heteroatoms. The largest absolute Gasteiger partial charge is 0.415 e. The van der Waals surface area contributed by atoms with E-state index in [1.807, 2.05) is 0 Å². The summed E-state index contributed by atoms with van der Waals surface area (Å²) in [5, 5.41) is 17.5. The predicted octanol–water partition coefficient (Wildman–Crippen LogP) is 4.62. The second kappa shape index (κ2) is 11.4. The van der Waals surface area contributed by atoms with Crippen LogP contribution in [0.2, 0.25) is 0 Å². The van der Waals surface area contributed by atoms with Gasteiger partial charge in [-0.1, -0.05) is 13.0 Å². The highest BCUT2D eigenvalue weighted by Crippen LogP contribution is 2.28. The molecule has 0 atom stereocenters. The minimum absolute atomic E-state index is 0.0713. The molecule has 2 N–H and O–H groups in total. The first kappa shape index (κ1) is 26.1. The van der Waals surface area contributed by atoms with Crippen LogP contribution in [0.5, 0.6) is 0 Å². The van der Waals surface area contributed by atoms with Gasteiger partial charge in [0.05, 0.1) is 6.54 Å². The van der Waals surface area contributed by atoms with Gasteiger partial charge in [-0.25, -0.2) is 9.18 Å². The van der Waals surface area contributed by atoms with Crippen molar-refractivity contribution >= 4 is 23.6 Å². The molecule has 2 aromatic carbocycles. The summed E-state index contributed by atoms with van der Waals surface area (Å²) >= 11 is 0. The molecule has 0 saturated carbocycles. The molecular weight excluding hydrogens is 487 g/mol. The van der Waals surface area contributed by atoms with E-state index in [1.54, 1.807) is 30.1 Å². The summed E-state index contributed by atoms with van der Waals surface area (Å²) in [4.78, 5) is 19.1. The van der Waals surface area contributed by atoms with E-state index in [1.165, 1.54) is 23.2 Å². The third-order valence-electron chi connectivity index (χ3n) is 6.35. The van der Waals surface area contributed by atoms with E-state index in [9.17, 15) is 13.6 Å². The lowest BCUT2D eigenvalue weighted by atomic mass is 10.1. The Hall–Kier alpha value is -3.93. The molecule has 0 aliphatic carbocycles. The maximum atomic E-state index is 15.2. The van der Waals surface area contributed by atoms with Crippen molar-refractivity contribution in [3.8, 4) is 11.5 Å². The highest BCUT2D eigenvalue weighted by atomic mass is 19.3. The summed E-state index contributed by atoms with van der Waals surface area (Å²) in [6.07, 6.45) is -1.72. The number of hydrogen-bond acceptors (Lipinski definition) is 7. The van der Waals surface area contributed by atoms with Crippen molar-refractivity contribution in [2.45, 2.75) is 19.9 Å². The smallest absolute Gasteiger partial charge is 0.324 e. The van der Waals surface area contributed by atoms with Crippen LogP contribution in [0, 0.1) is 11.2 Å². The fourth-order valence-electron chi connectivity index (χ4n) is 4.17. The first-order valence-electron chi connectivity index (χ1n) is 11.9.